The van der Waals surface area contributed by atoms with Gasteiger partial charge in [0, 0.05) is 37.5 Å². The number of benzene rings is 2. The van der Waals surface area contributed by atoms with Crippen LogP contribution in [0.2, 0.25) is 0 Å². The SMILES string of the molecule is CC(C)C[C@H]1[C@@H]2N(Cc3ccc(O)cc3)C[C@@H]3C[C@H]1C(=O)N[C@@]32C(=O)NCc1ccccc1. The minimum absolute atomic E-state index is 0.0315. The fourth-order valence-electron chi connectivity index (χ4n) is 6.55. The molecular formula is C27H33N3O3. The molecule has 6 rings (SSSR count). The zero-order valence-electron chi connectivity index (χ0n) is 19.3. The minimum atomic E-state index is -0.892. The lowest BCUT2D eigenvalue weighted by atomic mass is 9.57. The molecule has 3 aliphatic heterocycles. The Morgan fingerprint density at radius 1 is 1.15 bits per heavy atom. The molecule has 2 aromatic carbocycles. The lowest BCUT2D eigenvalue weighted by Gasteiger charge is -2.55. The van der Waals surface area contributed by atoms with E-state index in [1.165, 1.54) is 0 Å². The van der Waals surface area contributed by atoms with E-state index in [1.807, 2.05) is 42.5 Å². The number of phenols is 1. The number of carbonyl (C=O) groups excluding carboxylic acids is 2. The highest BCUT2D eigenvalue weighted by atomic mass is 16.3. The van der Waals surface area contributed by atoms with Gasteiger partial charge in [0.1, 0.15) is 11.3 Å². The van der Waals surface area contributed by atoms with Crippen LogP contribution in [0, 0.1) is 23.7 Å². The monoisotopic (exact) mass is 447 g/mol. The maximum absolute atomic E-state index is 13.8. The molecule has 3 heterocycles. The first-order chi connectivity index (χ1) is 15.9. The van der Waals surface area contributed by atoms with Gasteiger partial charge in [-0.05, 0) is 47.9 Å². The summed E-state index contributed by atoms with van der Waals surface area (Å²) in [6, 6.07) is 17.2. The van der Waals surface area contributed by atoms with E-state index in [2.05, 4.69) is 29.4 Å². The van der Waals surface area contributed by atoms with Crippen molar-refractivity contribution in [2.24, 2.45) is 23.7 Å². The zero-order chi connectivity index (χ0) is 23.2. The van der Waals surface area contributed by atoms with E-state index in [-0.39, 0.29) is 41.4 Å². The highest BCUT2D eigenvalue weighted by molar-refractivity contribution is 5.97. The molecule has 6 nitrogen and oxygen atoms in total. The topological polar surface area (TPSA) is 81.7 Å². The van der Waals surface area contributed by atoms with Crippen LogP contribution in [0.25, 0.3) is 0 Å². The van der Waals surface area contributed by atoms with Gasteiger partial charge in [0.25, 0.3) is 0 Å². The van der Waals surface area contributed by atoms with E-state index in [9.17, 15) is 14.7 Å². The highest BCUT2D eigenvalue weighted by Gasteiger charge is 2.70. The van der Waals surface area contributed by atoms with E-state index >= 15 is 0 Å². The van der Waals surface area contributed by atoms with Crippen molar-refractivity contribution >= 4 is 11.8 Å². The summed E-state index contributed by atoms with van der Waals surface area (Å²) in [4.78, 5) is 29.4. The quantitative estimate of drug-likeness (QED) is 0.609. The maximum atomic E-state index is 13.8. The summed E-state index contributed by atoms with van der Waals surface area (Å²) in [6.45, 7) is 6.33. The van der Waals surface area contributed by atoms with Gasteiger partial charge >= 0.3 is 0 Å². The summed E-state index contributed by atoms with van der Waals surface area (Å²) in [5, 5.41) is 16.1. The molecule has 2 amide bonds. The normalized spacial score (nSPS) is 30.5. The number of amides is 2. The van der Waals surface area contributed by atoms with Gasteiger partial charge in [-0.1, -0.05) is 56.3 Å². The molecule has 0 aromatic heterocycles. The molecule has 5 atom stereocenters. The van der Waals surface area contributed by atoms with E-state index in [1.54, 1.807) is 12.1 Å². The van der Waals surface area contributed by atoms with Crippen molar-refractivity contribution in [3.8, 4) is 5.75 Å². The number of piperidine rings is 2. The molecule has 2 aromatic rings. The van der Waals surface area contributed by atoms with Crippen molar-refractivity contribution in [2.75, 3.05) is 6.54 Å². The number of aromatic hydroxyl groups is 1. The van der Waals surface area contributed by atoms with Crippen LogP contribution in [-0.2, 0) is 22.7 Å². The Labute approximate surface area is 195 Å². The van der Waals surface area contributed by atoms with Crippen LogP contribution >= 0.6 is 0 Å². The van der Waals surface area contributed by atoms with Gasteiger partial charge in [-0.15, -0.1) is 0 Å². The average Bonchev–Trinajstić information content (AvgIpc) is 3.02. The first-order valence-electron chi connectivity index (χ1n) is 12.0. The maximum Gasteiger partial charge on any atom is 0.248 e. The molecule has 6 heteroatoms. The van der Waals surface area contributed by atoms with Crippen LogP contribution in [0.3, 0.4) is 0 Å². The highest BCUT2D eigenvalue weighted by Crippen LogP contribution is 2.54. The number of nitrogens with one attached hydrogen (secondary N) is 2. The van der Waals surface area contributed by atoms with Crippen LogP contribution < -0.4 is 10.6 Å². The molecule has 0 radical (unpaired) electrons. The molecule has 33 heavy (non-hydrogen) atoms. The van der Waals surface area contributed by atoms with Crippen molar-refractivity contribution < 1.29 is 14.7 Å². The van der Waals surface area contributed by atoms with Crippen molar-refractivity contribution in [2.45, 2.75) is 51.4 Å². The first kappa shape index (κ1) is 22.0. The predicted octanol–water partition coefficient (Wildman–Crippen LogP) is 3.06. The number of nitrogens with zero attached hydrogens (tertiary/aromatic N) is 1. The molecule has 4 bridgehead atoms. The number of rotatable bonds is 7. The molecule has 4 fully saturated rings. The molecule has 0 spiro atoms. The second-order valence-electron chi connectivity index (χ2n) is 10.4. The Morgan fingerprint density at radius 2 is 1.88 bits per heavy atom. The smallest absolute Gasteiger partial charge is 0.248 e. The van der Waals surface area contributed by atoms with Gasteiger partial charge in [0.15, 0.2) is 0 Å². The van der Waals surface area contributed by atoms with Gasteiger partial charge in [0.2, 0.25) is 11.8 Å². The van der Waals surface area contributed by atoms with Gasteiger partial charge < -0.3 is 15.7 Å². The Hall–Kier alpha value is -2.86. The van der Waals surface area contributed by atoms with Crippen molar-refractivity contribution in [1.29, 1.82) is 0 Å². The molecule has 1 saturated carbocycles. The summed E-state index contributed by atoms with van der Waals surface area (Å²) in [6.07, 6.45) is 1.69. The van der Waals surface area contributed by atoms with Crippen LogP contribution in [0.1, 0.15) is 37.8 Å². The zero-order valence-corrected chi connectivity index (χ0v) is 19.3. The van der Waals surface area contributed by atoms with Gasteiger partial charge in [-0.3, -0.25) is 14.5 Å². The van der Waals surface area contributed by atoms with Gasteiger partial charge in [-0.2, -0.15) is 0 Å². The fraction of sp³-hybridized carbons (Fsp3) is 0.481. The lowest BCUT2D eigenvalue weighted by Crippen LogP contribution is -2.77. The lowest BCUT2D eigenvalue weighted by molar-refractivity contribution is -0.155. The second-order valence-corrected chi connectivity index (χ2v) is 10.4. The summed E-state index contributed by atoms with van der Waals surface area (Å²) >= 11 is 0. The number of phenolic OH excluding ortho intramolecular Hbond substituents is 1. The van der Waals surface area contributed by atoms with Crippen molar-refractivity contribution in [3.05, 3.63) is 65.7 Å². The van der Waals surface area contributed by atoms with E-state index < -0.39 is 5.54 Å². The standard InChI is InChI=1S/C27H33N3O3/c1-17(2)12-22-23-13-20-16-30(15-19-8-10-21(31)11-9-19)24(22)27(20,29-25(23)32)26(33)28-14-18-6-4-3-5-7-18/h3-11,17,20,22-24,31H,12-16H2,1-2H3,(H,28,33)(H,29,32)/t20-,22+,23+,24-,27-/m0/s1. The summed E-state index contributed by atoms with van der Waals surface area (Å²) in [5.74, 6) is 0.889. The van der Waals surface area contributed by atoms with Crippen molar-refractivity contribution in [1.82, 2.24) is 15.5 Å². The van der Waals surface area contributed by atoms with Crippen LogP contribution in [0.15, 0.2) is 54.6 Å². The third-order valence-electron chi connectivity index (χ3n) is 7.82. The number of carbonyl (C=O) groups is 2. The number of fused-ring (bicyclic) bond motifs is 1. The third-order valence-corrected chi connectivity index (χ3v) is 7.82. The summed E-state index contributed by atoms with van der Waals surface area (Å²) < 4.78 is 0. The number of hydrogen-bond acceptors (Lipinski definition) is 4. The van der Waals surface area contributed by atoms with Gasteiger partial charge in [0.05, 0.1) is 0 Å². The molecule has 4 aliphatic rings. The first-order valence-corrected chi connectivity index (χ1v) is 12.0. The van der Waals surface area contributed by atoms with Crippen LogP contribution in [-0.4, -0.2) is 39.9 Å². The molecule has 0 unspecified atom stereocenters. The van der Waals surface area contributed by atoms with Gasteiger partial charge in [-0.25, -0.2) is 0 Å². The fourth-order valence-corrected chi connectivity index (χ4v) is 6.55. The number of likely N-dealkylation sites (tertiary alicyclic amines) is 1. The van der Waals surface area contributed by atoms with E-state index in [4.69, 9.17) is 0 Å². The molecule has 1 aliphatic carbocycles. The Bertz CT molecular complexity index is 1020. The Kier molecular flexibility index (Phi) is 5.65. The average molecular weight is 448 g/mol. The number of hydrogen-bond donors (Lipinski definition) is 3. The summed E-state index contributed by atoms with van der Waals surface area (Å²) in [7, 11) is 0. The Morgan fingerprint density at radius 3 is 2.58 bits per heavy atom. The third kappa shape index (κ3) is 3.80. The second kappa shape index (κ2) is 8.49. The molecular weight excluding hydrogens is 414 g/mol. The molecule has 3 saturated heterocycles. The van der Waals surface area contributed by atoms with E-state index in [0.29, 0.717) is 19.0 Å². The van der Waals surface area contributed by atoms with Crippen molar-refractivity contribution in [3.63, 3.8) is 0 Å². The summed E-state index contributed by atoms with van der Waals surface area (Å²) in [5.41, 5.74) is 1.26. The Balaban J connectivity index is 1.46. The predicted molar refractivity (Wildman–Crippen MR) is 126 cm³/mol. The van der Waals surface area contributed by atoms with Crippen LogP contribution in [0.4, 0.5) is 0 Å². The molecule has 3 N–H and O–H groups in total. The molecule has 174 valence electrons. The largest absolute Gasteiger partial charge is 0.508 e. The van der Waals surface area contributed by atoms with Crippen LogP contribution in [0.5, 0.6) is 5.75 Å². The van der Waals surface area contributed by atoms with E-state index in [0.717, 1.165) is 30.5 Å². The minimum Gasteiger partial charge on any atom is -0.508 e.